The van der Waals surface area contributed by atoms with E-state index in [-0.39, 0.29) is 18.9 Å². The van der Waals surface area contributed by atoms with Crippen LogP contribution in [0.3, 0.4) is 0 Å². The number of ether oxygens (including phenoxy) is 1. The maximum Gasteiger partial charge on any atom is 0.329 e. The van der Waals surface area contributed by atoms with Crippen LogP contribution in [0, 0.1) is 5.92 Å². The number of carboxylic acid groups (broad SMARTS) is 1. The fraction of sp³-hybridized carbons (Fsp3) is 0.700. The third kappa shape index (κ3) is 2.73. The van der Waals surface area contributed by atoms with Crippen molar-refractivity contribution in [3.8, 4) is 0 Å². The zero-order chi connectivity index (χ0) is 13.2. The summed E-state index contributed by atoms with van der Waals surface area (Å²) >= 11 is 0. The molecular formula is C10H16N2O5. The molecule has 1 aliphatic rings. The number of carboxylic acids is 1. The first-order valence-electron chi connectivity index (χ1n) is 5.22. The van der Waals surface area contributed by atoms with Gasteiger partial charge in [0.1, 0.15) is 0 Å². The highest BCUT2D eigenvalue weighted by Gasteiger charge is 2.42. The van der Waals surface area contributed by atoms with Gasteiger partial charge in [0, 0.05) is 20.1 Å². The molecule has 0 aromatic carbocycles. The fourth-order valence-corrected chi connectivity index (χ4v) is 1.91. The van der Waals surface area contributed by atoms with Gasteiger partial charge in [0.25, 0.3) is 0 Å². The van der Waals surface area contributed by atoms with Crippen LogP contribution in [0.5, 0.6) is 0 Å². The second-order valence-corrected chi connectivity index (χ2v) is 4.07. The maximum absolute atomic E-state index is 11.7. The quantitative estimate of drug-likeness (QED) is 0.631. The molecule has 1 rings (SSSR count). The molecule has 3 atom stereocenters. The average molecular weight is 244 g/mol. The smallest absolute Gasteiger partial charge is 0.329 e. The molecule has 1 heterocycles. The molecule has 0 radical (unpaired) electrons. The Labute approximate surface area is 98.5 Å². The van der Waals surface area contributed by atoms with Crippen LogP contribution in [0.25, 0.3) is 0 Å². The largest absolute Gasteiger partial charge is 0.480 e. The molecule has 0 aromatic heterocycles. The van der Waals surface area contributed by atoms with Crippen LogP contribution in [0.15, 0.2) is 0 Å². The van der Waals surface area contributed by atoms with Crippen molar-refractivity contribution >= 4 is 17.8 Å². The Hall–Kier alpha value is -1.63. The number of hydrogen-bond acceptors (Lipinski definition) is 4. The van der Waals surface area contributed by atoms with Crippen molar-refractivity contribution in [3.63, 3.8) is 0 Å². The first-order chi connectivity index (χ1) is 7.88. The standard InChI is InChI=1S/C10H16N2O5/c1-5(17-2)8(10(15)16)12-4-6(9(11)14)3-7(12)13/h5-6,8H,3-4H2,1-2H3,(H2,11,14)(H,15,16)/t5-,6?,8+/m1/s1. The molecule has 1 aliphatic heterocycles. The minimum Gasteiger partial charge on any atom is -0.480 e. The highest BCUT2D eigenvalue weighted by molar-refractivity contribution is 5.91. The van der Waals surface area contributed by atoms with Crippen molar-refractivity contribution in [2.75, 3.05) is 13.7 Å². The van der Waals surface area contributed by atoms with E-state index in [1.54, 1.807) is 6.92 Å². The van der Waals surface area contributed by atoms with E-state index in [0.29, 0.717) is 0 Å². The van der Waals surface area contributed by atoms with Crippen LogP contribution < -0.4 is 5.73 Å². The topological polar surface area (TPSA) is 110 Å². The third-order valence-corrected chi connectivity index (χ3v) is 2.97. The van der Waals surface area contributed by atoms with Crippen LogP contribution in [-0.4, -0.2) is 53.6 Å². The van der Waals surface area contributed by atoms with E-state index in [1.807, 2.05) is 0 Å². The molecule has 0 saturated carbocycles. The number of carbonyl (C=O) groups is 3. The van der Waals surface area contributed by atoms with Crippen molar-refractivity contribution < 1.29 is 24.2 Å². The minimum absolute atomic E-state index is 0.0322. The van der Waals surface area contributed by atoms with Crippen molar-refractivity contribution in [3.05, 3.63) is 0 Å². The molecule has 17 heavy (non-hydrogen) atoms. The molecule has 1 unspecified atom stereocenters. The zero-order valence-corrected chi connectivity index (χ0v) is 9.75. The van der Waals surface area contributed by atoms with E-state index in [4.69, 9.17) is 15.6 Å². The van der Waals surface area contributed by atoms with Gasteiger partial charge in [-0.05, 0) is 6.92 Å². The third-order valence-electron chi connectivity index (χ3n) is 2.97. The van der Waals surface area contributed by atoms with Crippen LogP contribution in [0.2, 0.25) is 0 Å². The number of likely N-dealkylation sites (tertiary alicyclic amines) is 1. The van der Waals surface area contributed by atoms with E-state index in [1.165, 1.54) is 7.11 Å². The zero-order valence-electron chi connectivity index (χ0n) is 9.75. The molecule has 96 valence electrons. The summed E-state index contributed by atoms with van der Waals surface area (Å²) in [6.45, 7) is 1.60. The molecule has 3 N–H and O–H groups in total. The number of rotatable bonds is 5. The van der Waals surface area contributed by atoms with E-state index in [2.05, 4.69) is 0 Å². The fourth-order valence-electron chi connectivity index (χ4n) is 1.91. The van der Waals surface area contributed by atoms with Gasteiger partial charge in [-0.25, -0.2) is 4.79 Å². The van der Waals surface area contributed by atoms with Crippen molar-refractivity contribution in [1.82, 2.24) is 4.90 Å². The van der Waals surface area contributed by atoms with Gasteiger partial charge in [0.15, 0.2) is 6.04 Å². The number of amides is 2. The number of nitrogens with two attached hydrogens (primary N) is 1. The van der Waals surface area contributed by atoms with Crippen molar-refractivity contribution in [1.29, 1.82) is 0 Å². The second-order valence-electron chi connectivity index (χ2n) is 4.07. The molecule has 0 bridgehead atoms. The number of primary amides is 1. The van der Waals surface area contributed by atoms with Crippen LogP contribution in [-0.2, 0) is 19.1 Å². The Morgan fingerprint density at radius 2 is 2.18 bits per heavy atom. The van der Waals surface area contributed by atoms with Crippen molar-refractivity contribution in [2.24, 2.45) is 11.7 Å². The highest BCUT2D eigenvalue weighted by atomic mass is 16.5. The first kappa shape index (κ1) is 13.4. The number of nitrogens with zero attached hydrogens (tertiary/aromatic N) is 1. The van der Waals surface area contributed by atoms with Gasteiger partial charge in [-0.1, -0.05) is 0 Å². The van der Waals surface area contributed by atoms with Gasteiger partial charge in [-0.15, -0.1) is 0 Å². The van der Waals surface area contributed by atoms with Gasteiger partial charge >= 0.3 is 5.97 Å². The number of aliphatic carboxylic acids is 1. The van der Waals surface area contributed by atoms with Gasteiger partial charge < -0.3 is 20.5 Å². The first-order valence-corrected chi connectivity index (χ1v) is 5.22. The van der Waals surface area contributed by atoms with Crippen LogP contribution >= 0.6 is 0 Å². The molecule has 0 aliphatic carbocycles. The summed E-state index contributed by atoms with van der Waals surface area (Å²) in [5, 5.41) is 9.09. The minimum atomic E-state index is -1.15. The number of methoxy groups -OCH3 is 1. The summed E-state index contributed by atoms with van der Waals surface area (Å²) in [4.78, 5) is 34.9. The van der Waals surface area contributed by atoms with Gasteiger partial charge in [0.05, 0.1) is 12.0 Å². The lowest BCUT2D eigenvalue weighted by Crippen LogP contribution is -2.49. The van der Waals surface area contributed by atoms with E-state index >= 15 is 0 Å². The van der Waals surface area contributed by atoms with E-state index in [0.717, 1.165) is 4.90 Å². The number of carbonyl (C=O) groups excluding carboxylic acids is 2. The summed E-state index contributed by atoms with van der Waals surface area (Å²) < 4.78 is 4.94. The lowest BCUT2D eigenvalue weighted by atomic mass is 10.1. The van der Waals surface area contributed by atoms with E-state index in [9.17, 15) is 14.4 Å². The average Bonchev–Trinajstić information content (AvgIpc) is 2.60. The summed E-state index contributed by atoms with van der Waals surface area (Å²) in [6, 6.07) is -1.09. The summed E-state index contributed by atoms with van der Waals surface area (Å²) in [5.74, 6) is -2.74. The molecule has 1 saturated heterocycles. The number of hydrogen-bond donors (Lipinski definition) is 2. The lowest BCUT2D eigenvalue weighted by molar-refractivity contribution is -0.153. The van der Waals surface area contributed by atoms with Gasteiger partial charge in [0.2, 0.25) is 11.8 Å². The predicted octanol–water partition coefficient (Wildman–Crippen LogP) is -1.19. The highest BCUT2D eigenvalue weighted by Crippen LogP contribution is 2.22. The maximum atomic E-state index is 11.7. The second kappa shape index (κ2) is 5.13. The SMILES string of the molecule is CO[C@H](C)[C@@H](C(=O)O)N1CC(C(N)=O)CC1=O. The Morgan fingerprint density at radius 3 is 2.53 bits per heavy atom. The Bertz CT molecular complexity index is 344. The Balaban J connectivity index is 2.86. The summed E-state index contributed by atoms with van der Waals surface area (Å²) in [6.07, 6.45) is -0.682. The molecule has 7 nitrogen and oxygen atoms in total. The van der Waals surface area contributed by atoms with Gasteiger partial charge in [-0.2, -0.15) is 0 Å². The summed E-state index contributed by atoms with van der Waals surface area (Å²) in [5.41, 5.74) is 5.11. The molecule has 1 fully saturated rings. The molecule has 2 amide bonds. The van der Waals surface area contributed by atoms with E-state index < -0.39 is 29.9 Å². The molecule has 7 heteroatoms. The monoisotopic (exact) mass is 244 g/mol. The lowest BCUT2D eigenvalue weighted by Gasteiger charge is -2.28. The molecule has 0 aromatic rings. The summed E-state index contributed by atoms with van der Waals surface area (Å²) in [7, 11) is 1.37. The van der Waals surface area contributed by atoms with Crippen LogP contribution in [0.1, 0.15) is 13.3 Å². The van der Waals surface area contributed by atoms with Gasteiger partial charge in [-0.3, -0.25) is 9.59 Å². The predicted molar refractivity (Wildman–Crippen MR) is 56.9 cm³/mol. The molecular weight excluding hydrogens is 228 g/mol. The normalized spacial score (nSPS) is 23.5. The van der Waals surface area contributed by atoms with Crippen molar-refractivity contribution in [2.45, 2.75) is 25.5 Å². The van der Waals surface area contributed by atoms with Crippen LogP contribution in [0.4, 0.5) is 0 Å². The molecule has 0 spiro atoms. The Kier molecular flexibility index (Phi) is 4.06. The Morgan fingerprint density at radius 1 is 1.59 bits per heavy atom.